The van der Waals surface area contributed by atoms with Gasteiger partial charge in [-0.15, -0.1) is 0 Å². The summed E-state index contributed by atoms with van der Waals surface area (Å²) < 4.78 is 0. The lowest BCUT2D eigenvalue weighted by Gasteiger charge is -2.29. The van der Waals surface area contributed by atoms with E-state index in [0.717, 1.165) is 34.2 Å². The number of primary amides is 1. The number of aryl methyl sites for hydroxylation is 2. The first kappa shape index (κ1) is 33.2. The van der Waals surface area contributed by atoms with Crippen LogP contribution in [0.3, 0.4) is 0 Å². The van der Waals surface area contributed by atoms with Gasteiger partial charge in [0.1, 0.15) is 23.9 Å². The number of phenolic OH excluding ortho intramolecular Hbond substituents is 1. The maximum Gasteiger partial charge on any atom is 0.243 e. The minimum absolute atomic E-state index is 0.118. The molecule has 4 unspecified atom stereocenters. The molecule has 0 aliphatic carbocycles. The standard InChI is InChI=1S/C35H43N5O5/c1-3-25-12-7-9-22(2)27(25)21-30(33(43)38-29(32(37)42)20-23-10-5-4-6-11-23)39-34(44)31-13-8-18-40(31)35(45)28(36)19-24-14-16-26(41)17-15-24/h4-7,9-12,14-17,28-31,41H,3,8,13,18-21,36H2,1-2H3,(H2,37,42)(H,38,43)(H,39,44). The number of nitrogens with one attached hydrogen (secondary N) is 2. The van der Waals surface area contributed by atoms with E-state index in [-0.39, 0.29) is 30.9 Å². The molecule has 0 saturated carbocycles. The Hall–Kier alpha value is -4.70. The van der Waals surface area contributed by atoms with Gasteiger partial charge in [-0.1, -0.05) is 67.6 Å². The van der Waals surface area contributed by atoms with Crippen molar-refractivity contribution in [1.29, 1.82) is 0 Å². The second-order valence-corrected chi connectivity index (χ2v) is 11.7. The SMILES string of the molecule is CCc1cccc(C)c1CC(NC(=O)C1CCCN1C(=O)C(N)Cc1ccc(O)cc1)C(=O)NC(Cc1ccccc1)C(N)=O. The summed E-state index contributed by atoms with van der Waals surface area (Å²) in [6.45, 7) is 4.35. The minimum atomic E-state index is -1.02. The first-order valence-corrected chi connectivity index (χ1v) is 15.4. The van der Waals surface area contributed by atoms with E-state index in [4.69, 9.17) is 11.5 Å². The van der Waals surface area contributed by atoms with E-state index in [9.17, 15) is 24.3 Å². The molecule has 1 fully saturated rings. The molecule has 0 radical (unpaired) electrons. The number of nitrogens with zero attached hydrogens (tertiary/aromatic N) is 1. The molecule has 7 N–H and O–H groups in total. The third-order valence-electron chi connectivity index (χ3n) is 8.42. The van der Waals surface area contributed by atoms with Gasteiger partial charge in [0, 0.05) is 19.4 Å². The number of carbonyl (C=O) groups excluding carboxylic acids is 4. The maximum absolute atomic E-state index is 13.8. The van der Waals surface area contributed by atoms with Gasteiger partial charge >= 0.3 is 0 Å². The van der Waals surface area contributed by atoms with Gasteiger partial charge in [-0.2, -0.15) is 0 Å². The number of benzene rings is 3. The van der Waals surface area contributed by atoms with E-state index in [2.05, 4.69) is 10.6 Å². The molecule has 45 heavy (non-hydrogen) atoms. The van der Waals surface area contributed by atoms with Crippen LogP contribution in [0.15, 0.2) is 72.8 Å². The zero-order chi connectivity index (χ0) is 32.5. The van der Waals surface area contributed by atoms with Crippen LogP contribution in [-0.4, -0.2) is 64.3 Å². The van der Waals surface area contributed by atoms with Crippen molar-refractivity contribution >= 4 is 23.6 Å². The molecule has 0 spiro atoms. The number of aromatic hydroxyl groups is 1. The molecular weight excluding hydrogens is 570 g/mol. The van der Waals surface area contributed by atoms with Gasteiger partial charge in [0.25, 0.3) is 0 Å². The van der Waals surface area contributed by atoms with Crippen molar-refractivity contribution in [3.63, 3.8) is 0 Å². The molecule has 3 aromatic rings. The number of amides is 4. The molecule has 1 aliphatic rings. The average molecular weight is 614 g/mol. The second-order valence-electron chi connectivity index (χ2n) is 11.7. The smallest absolute Gasteiger partial charge is 0.243 e. The van der Waals surface area contributed by atoms with Crippen LogP contribution in [0.4, 0.5) is 0 Å². The quantitative estimate of drug-likeness (QED) is 0.198. The Labute approximate surface area is 264 Å². The molecule has 4 amide bonds. The second kappa shape index (κ2) is 15.3. The Morgan fingerprint density at radius 1 is 0.889 bits per heavy atom. The first-order chi connectivity index (χ1) is 21.6. The first-order valence-electron chi connectivity index (χ1n) is 15.4. The van der Waals surface area contributed by atoms with Crippen LogP contribution >= 0.6 is 0 Å². The average Bonchev–Trinajstić information content (AvgIpc) is 3.52. The van der Waals surface area contributed by atoms with Crippen LogP contribution in [0.5, 0.6) is 5.75 Å². The van der Waals surface area contributed by atoms with E-state index in [1.54, 1.807) is 12.1 Å². The van der Waals surface area contributed by atoms with Crippen molar-refractivity contribution in [2.24, 2.45) is 11.5 Å². The summed E-state index contributed by atoms with van der Waals surface area (Å²) in [6.07, 6.45) is 2.44. The summed E-state index contributed by atoms with van der Waals surface area (Å²) in [6, 6.07) is 17.9. The van der Waals surface area contributed by atoms with Gasteiger partial charge in [0.2, 0.25) is 23.6 Å². The Kier molecular flexibility index (Phi) is 11.3. The number of likely N-dealkylation sites (tertiary alicyclic amines) is 1. The van der Waals surface area contributed by atoms with Crippen molar-refractivity contribution in [3.8, 4) is 5.75 Å². The van der Waals surface area contributed by atoms with Gasteiger partial charge in [0.15, 0.2) is 0 Å². The molecule has 10 heteroatoms. The highest BCUT2D eigenvalue weighted by atomic mass is 16.3. The Bertz CT molecular complexity index is 1490. The van der Waals surface area contributed by atoms with E-state index in [1.807, 2.05) is 62.4 Å². The molecule has 3 aromatic carbocycles. The largest absolute Gasteiger partial charge is 0.508 e. The molecule has 1 heterocycles. The number of phenols is 1. The molecular formula is C35H43N5O5. The van der Waals surface area contributed by atoms with Crippen molar-refractivity contribution in [1.82, 2.24) is 15.5 Å². The molecule has 4 atom stereocenters. The third kappa shape index (κ3) is 8.69. The molecule has 1 saturated heterocycles. The predicted molar refractivity (Wildman–Crippen MR) is 172 cm³/mol. The van der Waals surface area contributed by atoms with Crippen LogP contribution in [-0.2, 0) is 44.9 Å². The Balaban J connectivity index is 1.53. The molecule has 0 aromatic heterocycles. The topological polar surface area (TPSA) is 168 Å². The number of hydrogen-bond acceptors (Lipinski definition) is 6. The molecule has 1 aliphatic heterocycles. The third-order valence-corrected chi connectivity index (χ3v) is 8.42. The summed E-state index contributed by atoms with van der Waals surface area (Å²) in [5, 5.41) is 15.2. The summed E-state index contributed by atoms with van der Waals surface area (Å²) in [5.41, 5.74) is 16.6. The molecule has 10 nitrogen and oxygen atoms in total. The van der Waals surface area contributed by atoms with Crippen LogP contribution < -0.4 is 22.1 Å². The fourth-order valence-electron chi connectivity index (χ4n) is 5.90. The maximum atomic E-state index is 13.8. The van der Waals surface area contributed by atoms with Crippen molar-refractivity contribution < 1.29 is 24.3 Å². The lowest BCUT2D eigenvalue weighted by Crippen LogP contribution is -2.58. The summed E-state index contributed by atoms with van der Waals surface area (Å²) >= 11 is 0. The lowest BCUT2D eigenvalue weighted by atomic mass is 9.93. The summed E-state index contributed by atoms with van der Waals surface area (Å²) in [4.78, 5) is 54.9. The van der Waals surface area contributed by atoms with Gasteiger partial charge in [0.05, 0.1) is 6.04 Å². The van der Waals surface area contributed by atoms with Gasteiger partial charge in [-0.05, 0) is 72.6 Å². The van der Waals surface area contributed by atoms with Crippen molar-refractivity contribution in [2.45, 2.75) is 76.5 Å². The number of carbonyl (C=O) groups is 4. The zero-order valence-electron chi connectivity index (χ0n) is 25.9. The van der Waals surface area contributed by atoms with Crippen LogP contribution in [0.25, 0.3) is 0 Å². The van der Waals surface area contributed by atoms with Crippen LogP contribution in [0, 0.1) is 6.92 Å². The summed E-state index contributed by atoms with van der Waals surface area (Å²) in [5.74, 6) is -1.91. The Morgan fingerprint density at radius 3 is 2.24 bits per heavy atom. The molecule has 238 valence electrons. The summed E-state index contributed by atoms with van der Waals surface area (Å²) in [7, 11) is 0. The highest BCUT2D eigenvalue weighted by Gasteiger charge is 2.38. The fraction of sp³-hybridized carbons (Fsp3) is 0.371. The zero-order valence-corrected chi connectivity index (χ0v) is 25.9. The Morgan fingerprint density at radius 2 is 1.58 bits per heavy atom. The number of hydrogen-bond donors (Lipinski definition) is 5. The van der Waals surface area contributed by atoms with Gasteiger partial charge in [-0.3, -0.25) is 19.2 Å². The number of rotatable bonds is 13. The lowest BCUT2D eigenvalue weighted by molar-refractivity contribution is -0.140. The van der Waals surface area contributed by atoms with E-state index < -0.39 is 41.9 Å². The van der Waals surface area contributed by atoms with Crippen LogP contribution in [0.2, 0.25) is 0 Å². The highest BCUT2D eigenvalue weighted by molar-refractivity contribution is 5.95. The van der Waals surface area contributed by atoms with Crippen molar-refractivity contribution in [3.05, 3.63) is 101 Å². The van der Waals surface area contributed by atoms with E-state index in [1.165, 1.54) is 17.0 Å². The van der Waals surface area contributed by atoms with Crippen LogP contribution in [0.1, 0.15) is 47.6 Å². The normalized spacial score (nSPS) is 16.4. The fourth-order valence-corrected chi connectivity index (χ4v) is 5.90. The minimum Gasteiger partial charge on any atom is -0.508 e. The van der Waals surface area contributed by atoms with E-state index >= 15 is 0 Å². The highest BCUT2D eigenvalue weighted by Crippen LogP contribution is 2.22. The van der Waals surface area contributed by atoms with Gasteiger partial charge < -0.3 is 32.1 Å². The molecule has 0 bridgehead atoms. The predicted octanol–water partition coefficient (Wildman–Crippen LogP) is 2.06. The van der Waals surface area contributed by atoms with Crippen molar-refractivity contribution in [2.75, 3.05) is 6.54 Å². The molecule has 4 rings (SSSR count). The number of nitrogens with two attached hydrogens (primary N) is 2. The monoisotopic (exact) mass is 613 g/mol. The van der Waals surface area contributed by atoms with E-state index in [0.29, 0.717) is 19.4 Å². The van der Waals surface area contributed by atoms with Gasteiger partial charge in [-0.25, -0.2) is 0 Å².